The number of rotatable bonds is 9. The molecule has 0 spiro atoms. The first-order valence-corrected chi connectivity index (χ1v) is 28.4. The Morgan fingerprint density at radius 1 is 0.524 bits per heavy atom. The van der Waals surface area contributed by atoms with E-state index in [2.05, 4.69) is 133 Å². The van der Waals surface area contributed by atoms with Gasteiger partial charge in [0.25, 0.3) is 0 Å². The van der Waals surface area contributed by atoms with Gasteiger partial charge in [-0.05, 0) is 0 Å². The van der Waals surface area contributed by atoms with E-state index in [4.69, 9.17) is 18.6 Å². The Morgan fingerprint density at radius 3 is 1.10 bits per heavy atom. The molecule has 2 atom stereocenters. The molecule has 0 fully saturated rings. The van der Waals surface area contributed by atoms with Gasteiger partial charge in [0.15, 0.2) is 0 Å². The summed E-state index contributed by atoms with van der Waals surface area (Å²) in [5.74, 6) is 2.58. The maximum atomic E-state index is 8.74. The van der Waals surface area contributed by atoms with Gasteiger partial charge in [-0.25, -0.2) is 0 Å². The zero-order valence-corrected chi connectivity index (χ0v) is 33.1. The number of fused-ring (bicyclic) bond motifs is 2. The van der Waals surface area contributed by atoms with E-state index in [1.165, 1.54) is 55.7 Å². The molecular weight excluding hydrogens is 603 g/mol. The van der Waals surface area contributed by atoms with Crippen molar-refractivity contribution < 1.29 is 12.4 Å². The summed E-state index contributed by atoms with van der Waals surface area (Å²) >= 11 is -4.52. The molecule has 0 aromatic heterocycles. The van der Waals surface area contributed by atoms with Crippen LogP contribution in [0.5, 0.6) is 0 Å². The molecule has 0 bridgehead atoms. The SMILES string of the molecule is CC(C)C1=Cc2c(C(C)C)cc(C(C)C)cc2[CH]1[Ti]([Cl])([Cl])([CH]1C(C(C)C)=Cc2c(C(C)C)cc(C(C)C)cc21)[SiH](C)C. The molecule has 42 heavy (non-hydrogen) atoms. The summed E-state index contributed by atoms with van der Waals surface area (Å²) in [6.45, 7) is 31.4. The van der Waals surface area contributed by atoms with Crippen molar-refractivity contribution in [3.63, 3.8) is 0 Å². The van der Waals surface area contributed by atoms with Crippen LogP contribution >= 0.6 is 18.6 Å². The first-order valence-electron chi connectivity index (χ1n) is 16.7. The number of hydrogen-bond acceptors (Lipinski definition) is 0. The molecule has 0 aliphatic heterocycles. The molecule has 0 saturated heterocycles. The van der Waals surface area contributed by atoms with Gasteiger partial charge in [-0.2, -0.15) is 0 Å². The molecule has 4 rings (SSSR count). The van der Waals surface area contributed by atoms with E-state index in [1.54, 1.807) is 0 Å². The Balaban J connectivity index is 2.16. The van der Waals surface area contributed by atoms with Crippen LogP contribution < -0.4 is 0 Å². The molecule has 0 N–H and O–H groups in total. The summed E-state index contributed by atoms with van der Waals surface area (Å²) in [7, 11) is 17.5. The molecule has 0 saturated carbocycles. The molecule has 2 aliphatic carbocycles. The van der Waals surface area contributed by atoms with E-state index >= 15 is 0 Å². The van der Waals surface area contributed by atoms with E-state index < -0.39 is 19.1 Å². The fourth-order valence-electron chi connectivity index (χ4n) is 7.80. The van der Waals surface area contributed by atoms with E-state index in [9.17, 15) is 0 Å². The van der Waals surface area contributed by atoms with Crippen molar-refractivity contribution in [1.82, 2.24) is 0 Å². The summed E-state index contributed by atoms with van der Waals surface area (Å²) in [6.07, 6.45) is 5.07. The average Bonchev–Trinajstić information content (AvgIpc) is 3.47. The van der Waals surface area contributed by atoms with Gasteiger partial charge in [0, 0.05) is 0 Å². The van der Waals surface area contributed by atoms with Crippen LogP contribution in [-0.4, -0.2) is 6.66 Å². The fraction of sp³-hybridized carbons (Fsp3) is 0.579. The van der Waals surface area contributed by atoms with Gasteiger partial charge >= 0.3 is 270 Å². The zero-order chi connectivity index (χ0) is 31.7. The predicted molar refractivity (Wildman–Crippen MR) is 191 cm³/mol. The van der Waals surface area contributed by atoms with Gasteiger partial charge in [0.2, 0.25) is 0 Å². The number of allylic oxidation sites excluding steroid dienone is 2. The molecule has 0 radical (unpaired) electrons. The minimum atomic E-state index is -4.52. The van der Waals surface area contributed by atoms with Crippen molar-refractivity contribution in [2.24, 2.45) is 11.8 Å². The predicted octanol–water partition coefficient (Wildman–Crippen LogP) is 13.0. The second-order valence-corrected chi connectivity index (χ2v) is 44.9. The monoisotopic (exact) mass is 659 g/mol. The third kappa shape index (κ3) is 5.44. The molecule has 0 nitrogen and oxygen atoms in total. The third-order valence-electron chi connectivity index (χ3n) is 10.6. The average molecular weight is 661 g/mol. The summed E-state index contributed by atoms with van der Waals surface area (Å²) in [6, 6.07) is 9.98. The topological polar surface area (TPSA) is 0 Å². The quantitative estimate of drug-likeness (QED) is 0.235. The van der Waals surface area contributed by atoms with E-state index in [-0.39, 0.29) is 8.45 Å². The first-order chi connectivity index (χ1) is 19.3. The first kappa shape index (κ1) is 34.3. The second-order valence-electron chi connectivity index (χ2n) is 15.7. The van der Waals surface area contributed by atoms with Gasteiger partial charge in [0.1, 0.15) is 0 Å². The minimum absolute atomic E-state index is 0.131. The van der Waals surface area contributed by atoms with Crippen molar-refractivity contribution in [2.45, 2.75) is 128 Å². The van der Waals surface area contributed by atoms with Crippen LogP contribution in [0.25, 0.3) is 12.2 Å². The Hall–Kier alpha value is -0.569. The van der Waals surface area contributed by atoms with Gasteiger partial charge in [0.05, 0.1) is 0 Å². The summed E-state index contributed by atoms with van der Waals surface area (Å²) < 4.78 is 0.262. The summed E-state index contributed by atoms with van der Waals surface area (Å²) in [5, 5.41) is 0. The maximum absolute atomic E-state index is 8.74. The molecular formula is C38H57Cl2SiTi. The Kier molecular flexibility index (Phi) is 9.79. The molecule has 2 unspecified atom stereocenters. The van der Waals surface area contributed by atoms with Crippen LogP contribution in [0.4, 0.5) is 0 Å². The van der Waals surface area contributed by atoms with Crippen molar-refractivity contribution in [3.8, 4) is 0 Å². The Morgan fingerprint density at radius 2 is 0.857 bits per heavy atom. The van der Waals surface area contributed by atoms with Crippen LogP contribution in [0.3, 0.4) is 0 Å². The van der Waals surface area contributed by atoms with Crippen molar-refractivity contribution in [3.05, 3.63) is 79.9 Å². The van der Waals surface area contributed by atoms with Crippen molar-refractivity contribution >= 4 is 37.4 Å². The summed E-state index contributed by atoms with van der Waals surface area (Å²) in [5.41, 5.74) is 14.4. The van der Waals surface area contributed by atoms with Crippen LogP contribution in [0.2, 0.25) is 13.1 Å². The second kappa shape index (κ2) is 12.0. The van der Waals surface area contributed by atoms with Gasteiger partial charge in [-0.1, -0.05) is 0 Å². The molecule has 0 heterocycles. The molecule has 2 aromatic rings. The Labute approximate surface area is 268 Å². The van der Waals surface area contributed by atoms with Crippen LogP contribution in [-0.2, 0) is 12.4 Å². The van der Waals surface area contributed by atoms with E-state index in [1.807, 2.05) is 0 Å². The fourth-order valence-corrected chi connectivity index (χ4v) is 28.9. The standard InChI is InChI=1S/2C18H25.C2H7Si.2ClH.Ti/c2*1-11(2)14-7-16-8-15(12(3)4)10-18(16)17(9-14)13(5)6;1-3-2;;;/h2*7-13H,1-6H3;3H,1-2H3;2*1H;/q;;;;;+2/p-2. The van der Waals surface area contributed by atoms with Crippen LogP contribution in [0.1, 0.15) is 160 Å². The number of hydrogen-bond donors (Lipinski definition) is 0. The number of halogens is 2. The van der Waals surface area contributed by atoms with E-state index in [0.717, 1.165) is 0 Å². The van der Waals surface area contributed by atoms with E-state index in [0.29, 0.717) is 35.5 Å². The van der Waals surface area contributed by atoms with Crippen molar-refractivity contribution in [2.75, 3.05) is 0 Å². The van der Waals surface area contributed by atoms with Gasteiger partial charge in [-0.3, -0.25) is 0 Å². The Bertz CT molecular complexity index is 1320. The molecule has 2 aromatic carbocycles. The molecule has 2 aliphatic rings. The third-order valence-corrected chi connectivity index (χ3v) is 45.7. The van der Waals surface area contributed by atoms with Gasteiger partial charge in [-0.15, -0.1) is 0 Å². The van der Waals surface area contributed by atoms with Crippen molar-refractivity contribution in [1.29, 1.82) is 0 Å². The van der Waals surface area contributed by atoms with Gasteiger partial charge < -0.3 is 0 Å². The molecule has 0 amide bonds. The molecule has 4 heteroatoms. The number of benzene rings is 2. The molecule has 231 valence electrons. The normalized spacial score (nSPS) is 19.8. The zero-order valence-electron chi connectivity index (χ0n) is 28.9. The van der Waals surface area contributed by atoms with Crippen LogP contribution in [0.15, 0.2) is 35.4 Å². The van der Waals surface area contributed by atoms with Crippen LogP contribution in [0, 0.1) is 11.8 Å². The summed E-state index contributed by atoms with van der Waals surface area (Å²) in [4.78, 5) is 0.